The summed E-state index contributed by atoms with van der Waals surface area (Å²) in [4.78, 5) is 14.9. The van der Waals surface area contributed by atoms with Gasteiger partial charge in [-0.15, -0.1) is 0 Å². The Hall–Kier alpha value is -2.84. The molecule has 0 aliphatic carbocycles. The van der Waals surface area contributed by atoms with E-state index < -0.39 is 10.0 Å². The molecule has 27 heavy (non-hydrogen) atoms. The lowest BCUT2D eigenvalue weighted by Crippen LogP contribution is -2.48. The largest absolute Gasteiger partial charge is 0.354 e. The van der Waals surface area contributed by atoms with Gasteiger partial charge < -0.3 is 4.90 Å². The van der Waals surface area contributed by atoms with Crippen molar-refractivity contribution in [2.45, 2.75) is 4.90 Å². The molecule has 1 fully saturated rings. The average molecular weight is 381 g/mol. The van der Waals surface area contributed by atoms with Crippen molar-refractivity contribution in [2.24, 2.45) is 0 Å². The first kappa shape index (κ1) is 17.6. The topological polar surface area (TPSA) is 79.3 Å². The molecular formula is C19H19N5O2S. The van der Waals surface area contributed by atoms with E-state index in [9.17, 15) is 8.42 Å². The zero-order valence-electron chi connectivity index (χ0n) is 14.6. The number of piperazine rings is 1. The minimum Gasteiger partial charge on any atom is -0.354 e. The van der Waals surface area contributed by atoms with Crippen molar-refractivity contribution < 1.29 is 8.42 Å². The number of pyridine rings is 1. The van der Waals surface area contributed by atoms with Crippen LogP contribution >= 0.6 is 0 Å². The first-order valence-corrected chi connectivity index (χ1v) is 10.1. The molecule has 1 aromatic carbocycles. The second kappa shape index (κ2) is 7.42. The third-order valence-corrected chi connectivity index (χ3v) is 6.44. The molecule has 7 nitrogen and oxygen atoms in total. The summed E-state index contributed by atoms with van der Waals surface area (Å²) in [5, 5.41) is 0. The van der Waals surface area contributed by atoms with E-state index in [0.717, 1.165) is 17.1 Å². The van der Waals surface area contributed by atoms with E-state index in [-0.39, 0.29) is 4.90 Å². The zero-order chi connectivity index (χ0) is 18.7. The Morgan fingerprint density at radius 1 is 0.889 bits per heavy atom. The van der Waals surface area contributed by atoms with Crippen molar-refractivity contribution >= 4 is 15.8 Å². The molecule has 0 N–H and O–H groups in total. The van der Waals surface area contributed by atoms with Crippen LogP contribution in [0.2, 0.25) is 0 Å². The van der Waals surface area contributed by atoms with Gasteiger partial charge in [-0.25, -0.2) is 18.4 Å². The van der Waals surface area contributed by atoms with Crippen LogP contribution in [0, 0.1) is 0 Å². The molecule has 0 amide bonds. The fraction of sp³-hybridized carbons (Fsp3) is 0.211. The summed E-state index contributed by atoms with van der Waals surface area (Å²) in [5.74, 6) is 0.808. The van der Waals surface area contributed by atoms with Crippen LogP contribution in [-0.4, -0.2) is 53.9 Å². The van der Waals surface area contributed by atoms with Crippen LogP contribution in [0.4, 0.5) is 5.82 Å². The SMILES string of the molecule is O=S(=O)(c1cccnc1)N1CCN(c2cc(-c3ccccc3)ncn2)CC1. The zero-order valence-corrected chi connectivity index (χ0v) is 15.5. The number of rotatable bonds is 4. The summed E-state index contributed by atoms with van der Waals surface area (Å²) in [7, 11) is -3.51. The number of nitrogens with zero attached hydrogens (tertiary/aromatic N) is 5. The maximum atomic E-state index is 12.7. The molecule has 0 atom stereocenters. The third kappa shape index (κ3) is 3.67. The van der Waals surface area contributed by atoms with E-state index in [2.05, 4.69) is 19.9 Å². The van der Waals surface area contributed by atoms with Crippen LogP contribution in [0.1, 0.15) is 0 Å². The predicted molar refractivity (Wildman–Crippen MR) is 103 cm³/mol. The second-order valence-electron chi connectivity index (χ2n) is 6.21. The van der Waals surface area contributed by atoms with Gasteiger partial charge in [-0.2, -0.15) is 4.31 Å². The first-order valence-electron chi connectivity index (χ1n) is 8.67. The summed E-state index contributed by atoms with van der Waals surface area (Å²) < 4.78 is 26.9. The highest BCUT2D eigenvalue weighted by Gasteiger charge is 2.29. The lowest BCUT2D eigenvalue weighted by molar-refractivity contribution is 0.383. The molecule has 1 saturated heterocycles. The summed E-state index contributed by atoms with van der Waals surface area (Å²) in [6, 6.07) is 15.1. The fourth-order valence-electron chi connectivity index (χ4n) is 3.09. The number of hydrogen-bond donors (Lipinski definition) is 0. The second-order valence-corrected chi connectivity index (χ2v) is 8.15. The highest BCUT2D eigenvalue weighted by Crippen LogP contribution is 2.23. The van der Waals surface area contributed by atoms with E-state index in [4.69, 9.17) is 0 Å². The molecule has 0 saturated carbocycles. The van der Waals surface area contributed by atoms with Gasteiger partial charge in [-0.05, 0) is 12.1 Å². The van der Waals surface area contributed by atoms with E-state index in [0.29, 0.717) is 26.2 Å². The Morgan fingerprint density at radius 3 is 2.37 bits per heavy atom. The van der Waals surface area contributed by atoms with Crippen molar-refractivity contribution in [3.8, 4) is 11.3 Å². The van der Waals surface area contributed by atoms with Crippen LogP contribution in [0.3, 0.4) is 0 Å². The monoisotopic (exact) mass is 381 g/mol. The Kier molecular flexibility index (Phi) is 4.83. The molecule has 138 valence electrons. The first-order chi connectivity index (χ1) is 13.1. The molecule has 0 spiro atoms. The van der Waals surface area contributed by atoms with E-state index in [1.54, 1.807) is 24.7 Å². The molecule has 1 aliphatic heterocycles. The molecule has 1 aliphatic rings. The van der Waals surface area contributed by atoms with Crippen molar-refractivity contribution in [1.82, 2.24) is 19.3 Å². The van der Waals surface area contributed by atoms with E-state index >= 15 is 0 Å². The Labute approximate surface area is 158 Å². The minimum atomic E-state index is -3.51. The van der Waals surface area contributed by atoms with Gasteiger partial charge >= 0.3 is 0 Å². The maximum Gasteiger partial charge on any atom is 0.244 e. The van der Waals surface area contributed by atoms with Crippen molar-refractivity contribution in [3.05, 3.63) is 67.3 Å². The normalized spacial score (nSPS) is 15.6. The van der Waals surface area contributed by atoms with Crippen LogP contribution in [0.25, 0.3) is 11.3 Å². The third-order valence-electron chi connectivity index (χ3n) is 4.56. The number of benzene rings is 1. The lowest BCUT2D eigenvalue weighted by atomic mass is 10.1. The lowest BCUT2D eigenvalue weighted by Gasteiger charge is -2.34. The Balaban J connectivity index is 1.49. The minimum absolute atomic E-state index is 0.229. The molecule has 3 aromatic rings. The molecular weight excluding hydrogens is 362 g/mol. The summed E-state index contributed by atoms with van der Waals surface area (Å²) in [6.45, 7) is 1.96. The van der Waals surface area contributed by atoms with Crippen molar-refractivity contribution in [3.63, 3.8) is 0 Å². The average Bonchev–Trinajstić information content (AvgIpc) is 2.75. The van der Waals surface area contributed by atoms with Crippen LogP contribution in [-0.2, 0) is 10.0 Å². The Morgan fingerprint density at radius 2 is 1.67 bits per heavy atom. The van der Waals surface area contributed by atoms with E-state index in [1.165, 1.54) is 10.5 Å². The molecule has 2 aromatic heterocycles. The predicted octanol–water partition coefficient (Wildman–Crippen LogP) is 2.05. The van der Waals surface area contributed by atoms with Gasteiger partial charge in [0.15, 0.2) is 0 Å². The van der Waals surface area contributed by atoms with Gasteiger partial charge in [-0.1, -0.05) is 30.3 Å². The standard InChI is InChI=1S/C19H19N5O2S/c25-27(26,17-7-4-8-20-14-17)24-11-9-23(10-12-24)19-13-18(21-15-22-19)16-5-2-1-3-6-16/h1-8,13-15H,9-12H2. The fourth-order valence-corrected chi connectivity index (χ4v) is 4.48. The van der Waals surface area contributed by atoms with Gasteiger partial charge in [0.25, 0.3) is 0 Å². The van der Waals surface area contributed by atoms with E-state index in [1.807, 2.05) is 36.4 Å². The van der Waals surface area contributed by atoms with Gasteiger partial charge in [0.05, 0.1) is 5.69 Å². The van der Waals surface area contributed by atoms with Crippen molar-refractivity contribution in [1.29, 1.82) is 0 Å². The number of sulfonamides is 1. The molecule has 8 heteroatoms. The van der Waals surface area contributed by atoms with Crippen LogP contribution in [0.5, 0.6) is 0 Å². The molecule has 0 unspecified atom stereocenters. The van der Waals surface area contributed by atoms with Gasteiger partial charge in [0.2, 0.25) is 10.0 Å². The summed E-state index contributed by atoms with van der Waals surface area (Å²) in [5.41, 5.74) is 1.88. The Bertz CT molecular complexity index is 1000. The highest BCUT2D eigenvalue weighted by molar-refractivity contribution is 7.89. The van der Waals surface area contributed by atoms with Gasteiger partial charge in [-0.3, -0.25) is 4.98 Å². The number of anilines is 1. The van der Waals surface area contributed by atoms with Gasteiger partial charge in [0, 0.05) is 50.2 Å². The smallest absolute Gasteiger partial charge is 0.244 e. The summed E-state index contributed by atoms with van der Waals surface area (Å²) >= 11 is 0. The molecule has 4 rings (SSSR count). The van der Waals surface area contributed by atoms with Gasteiger partial charge in [0.1, 0.15) is 17.0 Å². The highest BCUT2D eigenvalue weighted by atomic mass is 32.2. The number of aromatic nitrogens is 3. The molecule has 0 bridgehead atoms. The van der Waals surface area contributed by atoms with Crippen molar-refractivity contribution in [2.75, 3.05) is 31.1 Å². The van der Waals surface area contributed by atoms with Crippen LogP contribution < -0.4 is 4.90 Å². The van der Waals surface area contributed by atoms with Crippen LogP contribution in [0.15, 0.2) is 72.1 Å². The molecule has 0 radical (unpaired) electrons. The molecule has 3 heterocycles. The maximum absolute atomic E-state index is 12.7. The number of hydrogen-bond acceptors (Lipinski definition) is 6. The summed E-state index contributed by atoms with van der Waals surface area (Å²) in [6.07, 6.45) is 4.51. The quantitative estimate of drug-likeness (QED) is 0.688.